The third-order valence-corrected chi connectivity index (χ3v) is 3.97. The molecular formula is C14H14BrClN2O3. The molecule has 1 aromatic carbocycles. The fraction of sp³-hybridized carbons (Fsp3) is 0.286. The van der Waals surface area contributed by atoms with Crippen LogP contribution in [0.5, 0.6) is 5.75 Å². The zero-order chi connectivity index (χ0) is 15.6. The van der Waals surface area contributed by atoms with E-state index in [9.17, 15) is 4.79 Å². The summed E-state index contributed by atoms with van der Waals surface area (Å²) in [5.41, 5.74) is 1.61. The van der Waals surface area contributed by atoms with E-state index in [0.717, 1.165) is 16.6 Å². The fourth-order valence-corrected chi connectivity index (χ4v) is 2.60. The van der Waals surface area contributed by atoms with Gasteiger partial charge in [-0.3, -0.25) is 4.68 Å². The van der Waals surface area contributed by atoms with E-state index < -0.39 is 5.97 Å². The third-order valence-electron chi connectivity index (χ3n) is 3.04. The SMILES string of the molecule is CCc1nn(C)c(COc2cc(Br)ccc2C(=O)O)c1Cl. The molecule has 0 radical (unpaired) electrons. The maximum absolute atomic E-state index is 11.2. The smallest absolute Gasteiger partial charge is 0.339 e. The molecule has 5 nitrogen and oxygen atoms in total. The van der Waals surface area contributed by atoms with E-state index in [-0.39, 0.29) is 17.9 Å². The Morgan fingerprint density at radius 1 is 1.52 bits per heavy atom. The summed E-state index contributed by atoms with van der Waals surface area (Å²) in [4.78, 5) is 11.2. The predicted molar refractivity (Wildman–Crippen MR) is 83.0 cm³/mol. The van der Waals surface area contributed by atoms with Crippen molar-refractivity contribution >= 4 is 33.5 Å². The summed E-state index contributed by atoms with van der Waals surface area (Å²) >= 11 is 9.54. The molecule has 1 N–H and O–H groups in total. The highest BCUT2D eigenvalue weighted by Gasteiger charge is 2.16. The van der Waals surface area contributed by atoms with Crippen molar-refractivity contribution in [3.8, 4) is 5.75 Å². The molecule has 0 unspecified atom stereocenters. The molecule has 2 rings (SSSR count). The summed E-state index contributed by atoms with van der Waals surface area (Å²) in [6, 6.07) is 4.76. The number of carboxylic acid groups (broad SMARTS) is 1. The number of benzene rings is 1. The van der Waals surface area contributed by atoms with Crippen molar-refractivity contribution < 1.29 is 14.6 Å². The van der Waals surface area contributed by atoms with E-state index in [0.29, 0.717) is 10.7 Å². The number of aromatic nitrogens is 2. The van der Waals surface area contributed by atoms with Crippen LogP contribution in [0.3, 0.4) is 0 Å². The minimum Gasteiger partial charge on any atom is -0.486 e. The Hall–Kier alpha value is -1.53. The molecule has 0 saturated heterocycles. The highest BCUT2D eigenvalue weighted by atomic mass is 79.9. The summed E-state index contributed by atoms with van der Waals surface area (Å²) in [7, 11) is 1.78. The van der Waals surface area contributed by atoms with Gasteiger partial charge in [0, 0.05) is 11.5 Å². The van der Waals surface area contributed by atoms with Crippen molar-refractivity contribution in [2.24, 2.45) is 7.05 Å². The van der Waals surface area contributed by atoms with Crippen LogP contribution >= 0.6 is 27.5 Å². The monoisotopic (exact) mass is 372 g/mol. The van der Waals surface area contributed by atoms with Gasteiger partial charge in [-0.25, -0.2) is 4.79 Å². The van der Waals surface area contributed by atoms with Crippen molar-refractivity contribution in [2.75, 3.05) is 0 Å². The van der Waals surface area contributed by atoms with Crippen LogP contribution in [0.25, 0.3) is 0 Å². The van der Waals surface area contributed by atoms with Gasteiger partial charge in [0.2, 0.25) is 0 Å². The molecule has 0 fully saturated rings. The average Bonchev–Trinajstić information content (AvgIpc) is 2.71. The molecular weight excluding hydrogens is 360 g/mol. The van der Waals surface area contributed by atoms with Gasteiger partial charge in [-0.2, -0.15) is 5.10 Å². The summed E-state index contributed by atoms with van der Waals surface area (Å²) in [5, 5.41) is 14.0. The molecule has 0 aliphatic heterocycles. The first-order chi connectivity index (χ1) is 9.93. The van der Waals surface area contributed by atoms with Crippen LogP contribution in [0.4, 0.5) is 0 Å². The van der Waals surface area contributed by atoms with Gasteiger partial charge in [0.15, 0.2) is 0 Å². The standard InChI is InChI=1S/C14H14BrClN2O3/c1-3-10-13(16)11(18(2)17-10)7-21-12-6-8(15)4-5-9(12)14(19)20/h4-6H,3,7H2,1-2H3,(H,19,20). The lowest BCUT2D eigenvalue weighted by molar-refractivity contribution is 0.0691. The molecule has 21 heavy (non-hydrogen) atoms. The van der Waals surface area contributed by atoms with Crippen LogP contribution in [0, 0.1) is 0 Å². The number of aryl methyl sites for hydroxylation is 2. The lowest BCUT2D eigenvalue weighted by Crippen LogP contribution is -2.07. The summed E-state index contributed by atoms with van der Waals surface area (Å²) in [6.45, 7) is 2.12. The zero-order valence-corrected chi connectivity index (χ0v) is 13.9. The van der Waals surface area contributed by atoms with Crippen molar-refractivity contribution in [2.45, 2.75) is 20.0 Å². The van der Waals surface area contributed by atoms with Crippen molar-refractivity contribution in [3.63, 3.8) is 0 Å². The molecule has 0 aliphatic rings. The lowest BCUT2D eigenvalue weighted by atomic mass is 10.2. The Balaban J connectivity index is 2.26. The number of carbonyl (C=O) groups is 1. The van der Waals surface area contributed by atoms with E-state index in [1.165, 1.54) is 6.07 Å². The number of hydrogen-bond donors (Lipinski definition) is 1. The highest BCUT2D eigenvalue weighted by molar-refractivity contribution is 9.10. The zero-order valence-electron chi connectivity index (χ0n) is 11.6. The van der Waals surface area contributed by atoms with Gasteiger partial charge in [0.1, 0.15) is 17.9 Å². The molecule has 7 heteroatoms. The highest BCUT2D eigenvalue weighted by Crippen LogP contribution is 2.27. The third kappa shape index (κ3) is 3.39. The van der Waals surface area contributed by atoms with Crippen LogP contribution in [-0.4, -0.2) is 20.9 Å². The van der Waals surface area contributed by atoms with E-state index in [2.05, 4.69) is 21.0 Å². The first-order valence-corrected chi connectivity index (χ1v) is 7.47. The van der Waals surface area contributed by atoms with Gasteiger partial charge in [-0.05, 0) is 24.6 Å². The van der Waals surface area contributed by atoms with Gasteiger partial charge >= 0.3 is 5.97 Å². The van der Waals surface area contributed by atoms with Gasteiger partial charge in [0.25, 0.3) is 0 Å². The first-order valence-electron chi connectivity index (χ1n) is 6.30. The van der Waals surface area contributed by atoms with Crippen LogP contribution < -0.4 is 4.74 Å². The van der Waals surface area contributed by atoms with E-state index in [1.807, 2.05) is 6.92 Å². The summed E-state index contributed by atoms with van der Waals surface area (Å²) < 4.78 is 8.02. The Morgan fingerprint density at radius 2 is 2.24 bits per heavy atom. The number of aromatic carboxylic acids is 1. The Kier molecular flexibility index (Phi) is 4.90. The molecule has 0 spiro atoms. The summed E-state index contributed by atoms with van der Waals surface area (Å²) in [6.07, 6.45) is 0.726. The Labute approximate surface area is 135 Å². The van der Waals surface area contributed by atoms with Crippen LogP contribution in [0.2, 0.25) is 5.02 Å². The number of carboxylic acids is 1. The van der Waals surface area contributed by atoms with E-state index in [4.69, 9.17) is 21.4 Å². The fourth-order valence-electron chi connectivity index (χ4n) is 1.92. The Morgan fingerprint density at radius 3 is 2.81 bits per heavy atom. The molecule has 0 saturated carbocycles. The van der Waals surface area contributed by atoms with Crippen LogP contribution in [0.15, 0.2) is 22.7 Å². The van der Waals surface area contributed by atoms with Crippen LogP contribution in [-0.2, 0) is 20.1 Å². The second-order valence-electron chi connectivity index (χ2n) is 4.42. The van der Waals surface area contributed by atoms with Crippen LogP contribution in [0.1, 0.15) is 28.7 Å². The normalized spacial score (nSPS) is 10.7. The van der Waals surface area contributed by atoms with Crippen molar-refractivity contribution in [1.82, 2.24) is 9.78 Å². The number of hydrogen-bond acceptors (Lipinski definition) is 3. The molecule has 1 aromatic heterocycles. The number of halogens is 2. The second-order valence-corrected chi connectivity index (χ2v) is 5.71. The number of ether oxygens (including phenoxy) is 1. The maximum Gasteiger partial charge on any atom is 0.339 e. The van der Waals surface area contributed by atoms with Gasteiger partial charge < -0.3 is 9.84 Å². The quantitative estimate of drug-likeness (QED) is 0.868. The maximum atomic E-state index is 11.2. The van der Waals surface area contributed by atoms with Gasteiger partial charge in [0.05, 0.1) is 16.4 Å². The number of rotatable bonds is 5. The molecule has 1 heterocycles. The first kappa shape index (κ1) is 15.9. The molecule has 0 atom stereocenters. The molecule has 0 aliphatic carbocycles. The minimum absolute atomic E-state index is 0.104. The Bertz CT molecular complexity index is 685. The molecule has 112 valence electrons. The predicted octanol–water partition coefficient (Wildman–Crippen LogP) is 3.68. The van der Waals surface area contributed by atoms with Gasteiger partial charge in [-0.15, -0.1) is 0 Å². The van der Waals surface area contributed by atoms with Gasteiger partial charge in [-0.1, -0.05) is 34.5 Å². The van der Waals surface area contributed by atoms with Crippen molar-refractivity contribution in [3.05, 3.63) is 44.6 Å². The second kappa shape index (κ2) is 6.49. The average molecular weight is 374 g/mol. The largest absolute Gasteiger partial charge is 0.486 e. The summed E-state index contributed by atoms with van der Waals surface area (Å²) in [5.74, 6) is -0.755. The minimum atomic E-state index is -1.04. The topological polar surface area (TPSA) is 64.4 Å². The molecule has 2 aromatic rings. The van der Waals surface area contributed by atoms with Crippen molar-refractivity contribution in [1.29, 1.82) is 0 Å². The van der Waals surface area contributed by atoms with E-state index in [1.54, 1.807) is 23.9 Å². The molecule has 0 bridgehead atoms. The van der Waals surface area contributed by atoms with E-state index >= 15 is 0 Å². The number of nitrogens with zero attached hydrogens (tertiary/aromatic N) is 2. The lowest BCUT2D eigenvalue weighted by Gasteiger charge is -2.10. The molecule has 0 amide bonds.